The number of rotatable bonds is 6. The first-order valence-electron chi connectivity index (χ1n) is 7.60. The lowest BCUT2D eigenvalue weighted by molar-refractivity contribution is 0.133. The van der Waals surface area contributed by atoms with E-state index in [1.165, 1.54) is 51.3 Å². The van der Waals surface area contributed by atoms with Crippen LogP contribution in [0.5, 0.6) is 0 Å². The first kappa shape index (κ1) is 16.0. The van der Waals surface area contributed by atoms with Crippen molar-refractivity contribution in [3.8, 4) is 0 Å². The fraction of sp³-hybridized carbons (Fsp3) is 0.625. The average Bonchev–Trinajstić information content (AvgIpc) is 2.50. The lowest BCUT2D eigenvalue weighted by atomic mass is 10.0. The van der Waals surface area contributed by atoms with Gasteiger partial charge in [-0.1, -0.05) is 35.0 Å². The summed E-state index contributed by atoms with van der Waals surface area (Å²) in [6, 6.07) is 9.12. The normalized spacial score (nSPS) is 19.1. The van der Waals surface area contributed by atoms with E-state index >= 15 is 0 Å². The molecule has 1 aromatic carbocycles. The van der Waals surface area contributed by atoms with E-state index < -0.39 is 0 Å². The van der Waals surface area contributed by atoms with Gasteiger partial charge in [0, 0.05) is 43.2 Å². The molecular weight excluding hydrogens is 314 g/mol. The summed E-state index contributed by atoms with van der Waals surface area (Å²) in [6.07, 6.45) is 1.17. The van der Waals surface area contributed by atoms with Crippen LogP contribution in [0.1, 0.15) is 24.9 Å². The second-order valence-corrected chi connectivity index (χ2v) is 6.37. The standard InChI is InChI=1S/C16H26BrN3/c1-3-19-10-12-20(13-11-19)9-8-16(18-2)14-4-6-15(17)7-5-14/h4-7,16,18H,3,8-13H2,1-2H3. The van der Waals surface area contributed by atoms with Gasteiger partial charge in [-0.05, 0) is 37.7 Å². The highest BCUT2D eigenvalue weighted by Crippen LogP contribution is 2.20. The highest BCUT2D eigenvalue weighted by atomic mass is 79.9. The Morgan fingerprint density at radius 3 is 2.25 bits per heavy atom. The number of likely N-dealkylation sites (N-methyl/N-ethyl adjacent to an activating group) is 1. The molecule has 1 saturated heterocycles. The first-order valence-corrected chi connectivity index (χ1v) is 8.39. The van der Waals surface area contributed by atoms with Crippen LogP contribution in [0.15, 0.2) is 28.7 Å². The van der Waals surface area contributed by atoms with Crippen molar-refractivity contribution in [2.45, 2.75) is 19.4 Å². The molecule has 0 aromatic heterocycles. The summed E-state index contributed by atoms with van der Waals surface area (Å²) >= 11 is 3.50. The van der Waals surface area contributed by atoms with Crippen LogP contribution in [-0.4, -0.2) is 56.1 Å². The number of nitrogens with zero attached hydrogens (tertiary/aromatic N) is 2. The summed E-state index contributed by atoms with van der Waals surface area (Å²) in [6.45, 7) is 9.48. The molecule has 1 fully saturated rings. The van der Waals surface area contributed by atoms with Crippen LogP contribution in [0.4, 0.5) is 0 Å². The molecule has 1 N–H and O–H groups in total. The van der Waals surface area contributed by atoms with Crippen LogP contribution in [-0.2, 0) is 0 Å². The minimum atomic E-state index is 0.451. The second kappa shape index (κ2) is 8.13. The number of piperazine rings is 1. The molecule has 0 spiro atoms. The fourth-order valence-electron chi connectivity index (χ4n) is 2.81. The molecule has 112 valence electrons. The minimum Gasteiger partial charge on any atom is -0.313 e. The van der Waals surface area contributed by atoms with Crippen LogP contribution in [0.3, 0.4) is 0 Å². The Bertz CT molecular complexity index is 385. The highest BCUT2D eigenvalue weighted by molar-refractivity contribution is 9.10. The Kier molecular flexibility index (Phi) is 6.49. The Labute approximate surface area is 131 Å². The third kappa shape index (κ3) is 4.55. The third-order valence-electron chi connectivity index (χ3n) is 4.27. The summed E-state index contributed by atoms with van der Waals surface area (Å²) in [5, 5.41) is 3.44. The molecule has 2 rings (SSSR count). The van der Waals surface area contributed by atoms with Crippen molar-refractivity contribution >= 4 is 15.9 Å². The van der Waals surface area contributed by atoms with E-state index in [-0.39, 0.29) is 0 Å². The van der Waals surface area contributed by atoms with Crippen molar-refractivity contribution in [1.29, 1.82) is 0 Å². The van der Waals surface area contributed by atoms with Gasteiger partial charge >= 0.3 is 0 Å². The zero-order chi connectivity index (χ0) is 14.4. The SMILES string of the molecule is CCN1CCN(CCC(NC)c2ccc(Br)cc2)CC1. The number of hydrogen-bond acceptors (Lipinski definition) is 3. The molecule has 1 aliphatic rings. The van der Waals surface area contributed by atoms with Gasteiger partial charge in [0.2, 0.25) is 0 Å². The van der Waals surface area contributed by atoms with Crippen LogP contribution in [0.25, 0.3) is 0 Å². The van der Waals surface area contributed by atoms with E-state index in [0.29, 0.717) is 6.04 Å². The molecule has 3 nitrogen and oxygen atoms in total. The van der Waals surface area contributed by atoms with Crippen molar-refractivity contribution in [2.24, 2.45) is 0 Å². The lowest BCUT2D eigenvalue weighted by Crippen LogP contribution is -2.46. The van der Waals surface area contributed by atoms with Crippen molar-refractivity contribution in [3.05, 3.63) is 34.3 Å². The van der Waals surface area contributed by atoms with Crippen LogP contribution in [0.2, 0.25) is 0 Å². The van der Waals surface area contributed by atoms with E-state index in [4.69, 9.17) is 0 Å². The predicted molar refractivity (Wildman–Crippen MR) is 89.1 cm³/mol. The third-order valence-corrected chi connectivity index (χ3v) is 4.80. The minimum absolute atomic E-state index is 0.451. The number of hydrogen-bond donors (Lipinski definition) is 1. The molecule has 0 aliphatic carbocycles. The molecule has 1 heterocycles. The van der Waals surface area contributed by atoms with E-state index in [1.54, 1.807) is 0 Å². The smallest absolute Gasteiger partial charge is 0.0329 e. The molecule has 1 atom stereocenters. The second-order valence-electron chi connectivity index (χ2n) is 5.46. The van der Waals surface area contributed by atoms with Crippen molar-refractivity contribution in [2.75, 3.05) is 46.3 Å². The number of benzene rings is 1. The van der Waals surface area contributed by atoms with Gasteiger partial charge in [-0.15, -0.1) is 0 Å². The zero-order valence-corrected chi connectivity index (χ0v) is 14.2. The summed E-state index contributed by atoms with van der Waals surface area (Å²) in [5.41, 5.74) is 1.38. The van der Waals surface area contributed by atoms with Crippen LogP contribution < -0.4 is 5.32 Å². The maximum Gasteiger partial charge on any atom is 0.0329 e. The van der Waals surface area contributed by atoms with Gasteiger partial charge < -0.3 is 15.1 Å². The molecular formula is C16H26BrN3. The molecule has 1 aliphatic heterocycles. The van der Waals surface area contributed by atoms with Gasteiger partial charge in [0.05, 0.1) is 0 Å². The van der Waals surface area contributed by atoms with Gasteiger partial charge in [0.1, 0.15) is 0 Å². The Balaban J connectivity index is 1.81. The molecule has 0 bridgehead atoms. The maximum atomic E-state index is 3.50. The van der Waals surface area contributed by atoms with Crippen LogP contribution in [0, 0.1) is 0 Å². The molecule has 4 heteroatoms. The lowest BCUT2D eigenvalue weighted by Gasteiger charge is -2.34. The summed E-state index contributed by atoms with van der Waals surface area (Å²) in [4.78, 5) is 5.12. The van der Waals surface area contributed by atoms with Gasteiger partial charge in [-0.2, -0.15) is 0 Å². The molecule has 0 amide bonds. The van der Waals surface area contributed by atoms with E-state index in [1.807, 2.05) is 0 Å². The highest BCUT2D eigenvalue weighted by Gasteiger charge is 2.17. The molecule has 0 radical (unpaired) electrons. The average molecular weight is 340 g/mol. The quantitative estimate of drug-likeness (QED) is 0.859. The van der Waals surface area contributed by atoms with Gasteiger partial charge in [0.15, 0.2) is 0 Å². The molecule has 20 heavy (non-hydrogen) atoms. The zero-order valence-electron chi connectivity index (χ0n) is 12.6. The van der Waals surface area contributed by atoms with E-state index in [0.717, 1.165) is 4.47 Å². The molecule has 1 unspecified atom stereocenters. The Morgan fingerprint density at radius 1 is 1.10 bits per heavy atom. The molecule has 1 aromatic rings. The number of nitrogens with one attached hydrogen (secondary N) is 1. The molecule has 0 saturated carbocycles. The largest absolute Gasteiger partial charge is 0.313 e. The number of halogens is 1. The van der Waals surface area contributed by atoms with E-state index in [9.17, 15) is 0 Å². The van der Waals surface area contributed by atoms with Gasteiger partial charge in [0.25, 0.3) is 0 Å². The van der Waals surface area contributed by atoms with Crippen molar-refractivity contribution < 1.29 is 0 Å². The van der Waals surface area contributed by atoms with Crippen LogP contribution >= 0.6 is 15.9 Å². The Hall–Kier alpha value is -0.420. The first-order chi connectivity index (χ1) is 9.72. The monoisotopic (exact) mass is 339 g/mol. The topological polar surface area (TPSA) is 18.5 Å². The van der Waals surface area contributed by atoms with Crippen molar-refractivity contribution in [1.82, 2.24) is 15.1 Å². The Morgan fingerprint density at radius 2 is 1.70 bits per heavy atom. The summed E-state index contributed by atoms with van der Waals surface area (Å²) in [7, 11) is 2.06. The van der Waals surface area contributed by atoms with Crippen molar-refractivity contribution in [3.63, 3.8) is 0 Å². The van der Waals surface area contributed by atoms with E-state index in [2.05, 4.69) is 69.3 Å². The maximum absolute atomic E-state index is 3.50. The summed E-state index contributed by atoms with van der Waals surface area (Å²) in [5.74, 6) is 0. The van der Waals surface area contributed by atoms with Gasteiger partial charge in [-0.25, -0.2) is 0 Å². The van der Waals surface area contributed by atoms with Gasteiger partial charge in [-0.3, -0.25) is 0 Å². The fourth-order valence-corrected chi connectivity index (χ4v) is 3.08. The predicted octanol–water partition coefficient (Wildman–Crippen LogP) is 2.74. The summed E-state index contributed by atoms with van der Waals surface area (Å²) < 4.78 is 1.15.